The zero-order chi connectivity index (χ0) is 20.5. The summed E-state index contributed by atoms with van der Waals surface area (Å²) in [5.74, 6) is -0.647. The molecule has 0 bridgehead atoms. The molecule has 1 N–H and O–H groups in total. The minimum absolute atomic E-state index is 0.273. The Morgan fingerprint density at radius 2 is 1.97 bits per heavy atom. The smallest absolute Gasteiger partial charge is 0.325 e. The molecule has 1 atom stereocenters. The van der Waals surface area contributed by atoms with Crippen molar-refractivity contribution in [2.45, 2.75) is 26.3 Å². The van der Waals surface area contributed by atoms with E-state index in [-0.39, 0.29) is 18.2 Å². The minimum Gasteiger partial charge on any atom is -0.325 e. The summed E-state index contributed by atoms with van der Waals surface area (Å²) >= 11 is 1.48. The second-order valence-electron chi connectivity index (χ2n) is 6.97. The molecule has 1 aliphatic rings. The molecular weight excluding hydrogens is 388 g/mol. The Balaban J connectivity index is 1.51. The summed E-state index contributed by atoms with van der Waals surface area (Å²) in [6, 6.07) is 10.1. The van der Waals surface area contributed by atoms with E-state index in [1.54, 1.807) is 12.3 Å². The van der Waals surface area contributed by atoms with E-state index in [9.17, 15) is 14.4 Å². The number of ketones is 1. The number of aryl methyl sites for hydroxylation is 1. The summed E-state index contributed by atoms with van der Waals surface area (Å²) in [5.41, 5.74) is 3.06. The van der Waals surface area contributed by atoms with Crippen LogP contribution in [0.15, 0.2) is 48.0 Å². The first kappa shape index (κ1) is 19.1. The molecule has 8 heteroatoms. The maximum atomic E-state index is 12.9. The summed E-state index contributed by atoms with van der Waals surface area (Å²) in [6.45, 7) is 3.46. The molecule has 1 fully saturated rings. The fraction of sp³-hybridized carbons (Fsp3) is 0.238. The van der Waals surface area contributed by atoms with Gasteiger partial charge in [-0.3, -0.25) is 19.1 Å². The van der Waals surface area contributed by atoms with E-state index < -0.39 is 12.1 Å². The summed E-state index contributed by atoms with van der Waals surface area (Å²) in [5, 5.41) is 5.33. The fourth-order valence-electron chi connectivity index (χ4n) is 3.61. The van der Waals surface area contributed by atoms with E-state index in [0.717, 1.165) is 27.0 Å². The molecule has 0 saturated carbocycles. The molecule has 2 aromatic heterocycles. The van der Waals surface area contributed by atoms with Gasteiger partial charge in [0, 0.05) is 34.9 Å². The lowest BCUT2D eigenvalue weighted by atomic mass is 10.1. The van der Waals surface area contributed by atoms with Crippen molar-refractivity contribution in [3.63, 3.8) is 0 Å². The van der Waals surface area contributed by atoms with Gasteiger partial charge < -0.3 is 5.32 Å². The molecule has 3 heterocycles. The van der Waals surface area contributed by atoms with Crippen LogP contribution in [0.2, 0.25) is 0 Å². The van der Waals surface area contributed by atoms with Gasteiger partial charge in [0.1, 0.15) is 6.04 Å². The number of hydrogen-bond donors (Lipinski definition) is 1. The van der Waals surface area contributed by atoms with Crippen molar-refractivity contribution >= 4 is 29.1 Å². The van der Waals surface area contributed by atoms with Crippen LogP contribution in [0.1, 0.15) is 27.3 Å². The lowest BCUT2D eigenvalue weighted by Crippen LogP contribution is -2.36. The molecule has 3 aromatic rings. The molecule has 3 amide bonds. The van der Waals surface area contributed by atoms with Crippen LogP contribution in [-0.4, -0.2) is 44.8 Å². The number of urea groups is 1. The Morgan fingerprint density at radius 3 is 2.66 bits per heavy atom. The Labute approximate surface area is 172 Å². The van der Waals surface area contributed by atoms with Crippen molar-refractivity contribution in [2.24, 2.45) is 0 Å². The molecule has 0 spiro atoms. The van der Waals surface area contributed by atoms with Crippen LogP contribution in [0, 0.1) is 13.8 Å². The molecule has 29 heavy (non-hydrogen) atoms. The van der Waals surface area contributed by atoms with E-state index in [4.69, 9.17) is 0 Å². The fourth-order valence-corrected chi connectivity index (χ4v) is 4.36. The number of carbonyl (C=O) groups is 3. The van der Waals surface area contributed by atoms with Gasteiger partial charge in [0.2, 0.25) is 0 Å². The number of nitrogens with zero attached hydrogens (tertiary/aromatic N) is 3. The summed E-state index contributed by atoms with van der Waals surface area (Å²) < 4.78 is 1.90. The maximum absolute atomic E-state index is 12.9. The molecule has 0 radical (unpaired) electrons. The first-order chi connectivity index (χ1) is 14.0. The molecule has 7 nitrogen and oxygen atoms in total. The quantitative estimate of drug-likeness (QED) is 0.502. The van der Waals surface area contributed by atoms with Crippen molar-refractivity contribution < 1.29 is 14.4 Å². The predicted molar refractivity (Wildman–Crippen MR) is 109 cm³/mol. The first-order valence-electron chi connectivity index (χ1n) is 9.23. The normalized spacial score (nSPS) is 16.3. The second kappa shape index (κ2) is 7.63. The number of Topliss-reactive ketones (excluding diaryl/α,β-unsaturated/α-hetero) is 1. The molecule has 0 aliphatic carbocycles. The molecule has 148 valence electrons. The van der Waals surface area contributed by atoms with Gasteiger partial charge in [-0.05, 0) is 25.5 Å². The highest BCUT2D eigenvalue weighted by molar-refractivity contribution is 7.12. The molecule has 1 aromatic carbocycles. The standard InChI is InChI=1S/C21H20N4O3S/c1-13-10-16(14(2)25(13)21-22-8-9-29-21)18(26)12-24-19(27)17(23-20(24)28)11-15-6-4-3-5-7-15/h3-10,17H,11-12H2,1-2H3,(H,23,28)/t17-/m0/s1. The van der Waals surface area contributed by atoms with E-state index >= 15 is 0 Å². The average Bonchev–Trinajstić information content (AvgIpc) is 3.38. The highest BCUT2D eigenvalue weighted by Gasteiger charge is 2.39. The minimum atomic E-state index is -0.652. The van der Waals surface area contributed by atoms with Gasteiger partial charge in [-0.25, -0.2) is 9.78 Å². The number of rotatable bonds is 6. The zero-order valence-electron chi connectivity index (χ0n) is 16.1. The van der Waals surface area contributed by atoms with Crippen molar-refractivity contribution in [3.8, 4) is 5.13 Å². The average molecular weight is 408 g/mol. The Morgan fingerprint density at radius 1 is 1.21 bits per heavy atom. The van der Waals surface area contributed by atoms with E-state index in [1.807, 2.05) is 54.1 Å². The van der Waals surface area contributed by atoms with Crippen LogP contribution in [0.5, 0.6) is 0 Å². The number of amides is 3. The van der Waals surface area contributed by atoms with Crippen LogP contribution in [0.4, 0.5) is 4.79 Å². The number of thiazole rings is 1. The van der Waals surface area contributed by atoms with Crippen molar-refractivity contribution in [1.29, 1.82) is 0 Å². The van der Waals surface area contributed by atoms with Crippen molar-refractivity contribution in [3.05, 3.63) is 70.5 Å². The van der Waals surface area contributed by atoms with Gasteiger partial charge in [0.25, 0.3) is 5.91 Å². The number of carbonyl (C=O) groups excluding carboxylic acids is 3. The zero-order valence-corrected chi connectivity index (χ0v) is 16.9. The Kier molecular flexibility index (Phi) is 5.02. The summed E-state index contributed by atoms with van der Waals surface area (Å²) in [7, 11) is 0. The molecule has 1 aliphatic heterocycles. The van der Waals surface area contributed by atoms with Crippen LogP contribution < -0.4 is 5.32 Å². The van der Waals surface area contributed by atoms with Gasteiger partial charge >= 0.3 is 6.03 Å². The highest BCUT2D eigenvalue weighted by Crippen LogP contribution is 2.23. The number of aromatic nitrogens is 2. The monoisotopic (exact) mass is 408 g/mol. The van der Waals surface area contributed by atoms with Crippen LogP contribution in [0.25, 0.3) is 5.13 Å². The lowest BCUT2D eigenvalue weighted by Gasteiger charge is -2.12. The number of imide groups is 1. The number of benzene rings is 1. The van der Waals surface area contributed by atoms with Gasteiger partial charge in [-0.1, -0.05) is 30.3 Å². The summed E-state index contributed by atoms with van der Waals surface area (Å²) in [6.07, 6.45) is 2.11. The van der Waals surface area contributed by atoms with Crippen LogP contribution in [-0.2, 0) is 11.2 Å². The third-order valence-electron chi connectivity index (χ3n) is 5.03. The van der Waals surface area contributed by atoms with Gasteiger partial charge in [0.05, 0.1) is 6.54 Å². The second-order valence-corrected chi connectivity index (χ2v) is 7.85. The Bertz CT molecular complexity index is 1070. The molecule has 4 rings (SSSR count). The van der Waals surface area contributed by atoms with Gasteiger partial charge in [0.15, 0.2) is 10.9 Å². The first-order valence-corrected chi connectivity index (χ1v) is 10.1. The third kappa shape index (κ3) is 3.58. The summed E-state index contributed by atoms with van der Waals surface area (Å²) in [4.78, 5) is 43.2. The van der Waals surface area contributed by atoms with Crippen LogP contribution >= 0.6 is 11.3 Å². The third-order valence-corrected chi connectivity index (χ3v) is 5.79. The van der Waals surface area contributed by atoms with Crippen molar-refractivity contribution in [1.82, 2.24) is 19.8 Å². The van der Waals surface area contributed by atoms with Crippen molar-refractivity contribution in [2.75, 3.05) is 6.54 Å². The topological polar surface area (TPSA) is 84.3 Å². The molecular formula is C21H20N4O3S. The molecule has 1 saturated heterocycles. The Hall–Kier alpha value is -3.26. The molecule has 0 unspecified atom stereocenters. The van der Waals surface area contributed by atoms with E-state index in [2.05, 4.69) is 10.3 Å². The number of nitrogens with one attached hydrogen (secondary N) is 1. The van der Waals surface area contributed by atoms with Crippen LogP contribution in [0.3, 0.4) is 0 Å². The van der Waals surface area contributed by atoms with E-state index in [1.165, 1.54) is 11.3 Å². The van der Waals surface area contributed by atoms with Gasteiger partial charge in [-0.2, -0.15) is 0 Å². The number of hydrogen-bond acceptors (Lipinski definition) is 5. The van der Waals surface area contributed by atoms with Gasteiger partial charge in [-0.15, -0.1) is 11.3 Å². The lowest BCUT2D eigenvalue weighted by molar-refractivity contribution is -0.127. The van der Waals surface area contributed by atoms with E-state index in [0.29, 0.717) is 12.0 Å². The largest absolute Gasteiger partial charge is 0.325 e. The highest BCUT2D eigenvalue weighted by atomic mass is 32.1. The SMILES string of the molecule is Cc1cc(C(=O)CN2C(=O)N[C@@H](Cc3ccccc3)C2=O)c(C)n1-c1nccs1. The predicted octanol–water partition coefficient (Wildman–Crippen LogP) is 2.90. The maximum Gasteiger partial charge on any atom is 0.325 e.